The summed E-state index contributed by atoms with van der Waals surface area (Å²) >= 11 is 0. The monoisotopic (exact) mass is 388 g/mol. The molecule has 1 aliphatic carbocycles. The highest BCUT2D eigenvalue weighted by Gasteiger charge is 2.13. The molecular weight excluding hydrogens is 364 g/mol. The second-order valence-corrected chi connectivity index (χ2v) is 8.02. The van der Waals surface area contributed by atoms with Gasteiger partial charge in [-0.2, -0.15) is 0 Å². The molecule has 1 nitrogen and oxygen atoms in total. The summed E-state index contributed by atoms with van der Waals surface area (Å²) < 4.78 is 0. The highest BCUT2D eigenvalue weighted by molar-refractivity contribution is 6.08. The number of aryl methyl sites for hydroxylation is 2. The fourth-order valence-electron chi connectivity index (χ4n) is 4.62. The zero-order valence-electron chi connectivity index (χ0n) is 17.0. The van der Waals surface area contributed by atoms with E-state index in [1.807, 2.05) is 42.5 Å². The molecule has 0 N–H and O–H groups in total. The van der Waals surface area contributed by atoms with Crippen LogP contribution in [0.2, 0.25) is 0 Å². The first-order chi connectivity index (χ1) is 14.8. The molecule has 0 amide bonds. The molecule has 5 aromatic rings. The molecule has 1 heteroatoms. The smallest absolute Gasteiger partial charge is 0.150 e. The Morgan fingerprint density at radius 1 is 0.567 bits per heavy atom. The van der Waals surface area contributed by atoms with E-state index >= 15 is 0 Å². The summed E-state index contributed by atoms with van der Waals surface area (Å²) in [6.45, 7) is 0. The van der Waals surface area contributed by atoms with Gasteiger partial charge in [0.1, 0.15) is 6.29 Å². The molecule has 0 atom stereocenters. The maximum absolute atomic E-state index is 10.5. The van der Waals surface area contributed by atoms with Crippen LogP contribution in [0.4, 0.5) is 0 Å². The summed E-state index contributed by atoms with van der Waals surface area (Å²) in [6, 6.07) is 31.6. The molecule has 1 aliphatic rings. The number of fused-ring (bicyclic) bond motifs is 6. The van der Waals surface area contributed by atoms with Crippen LogP contribution >= 0.6 is 0 Å². The van der Waals surface area contributed by atoms with Crippen molar-refractivity contribution in [2.24, 2.45) is 0 Å². The second-order valence-electron chi connectivity index (χ2n) is 8.02. The molecule has 0 fully saturated rings. The summed E-state index contributed by atoms with van der Waals surface area (Å²) in [5.41, 5.74) is 3.90. The Labute approximate surface area is 177 Å². The van der Waals surface area contributed by atoms with Gasteiger partial charge in [-0.05, 0) is 75.2 Å². The largest absolute Gasteiger partial charge is 0.298 e. The van der Waals surface area contributed by atoms with Crippen LogP contribution in [-0.4, -0.2) is 6.29 Å². The van der Waals surface area contributed by atoms with Crippen LogP contribution in [0.15, 0.2) is 91.0 Å². The predicted molar refractivity (Wildman–Crippen MR) is 127 cm³/mol. The zero-order chi connectivity index (χ0) is 20.3. The van der Waals surface area contributed by atoms with Crippen molar-refractivity contribution in [2.45, 2.75) is 25.7 Å². The van der Waals surface area contributed by atoms with E-state index in [1.54, 1.807) is 11.1 Å². The van der Waals surface area contributed by atoms with Gasteiger partial charge in [-0.25, -0.2) is 0 Å². The topological polar surface area (TPSA) is 17.1 Å². The Morgan fingerprint density at radius 3 is 2.13 bits per heavy atom. The van der Waals surface area contributed by atoms with E-state index in [2.05, 4.69) is 48.5 Å². The van der Waals surface area contributed by atoms with Crippen molar-refractivity contribution >= 4 is 38.6 Å². The summed E-state index contributed by atoms with van der Waals surface area (Å²) in [5, 5.41) is 7.92. The Balaban J connectivity index is 0.000000140. The lowest BCUT2D eigenvalue weighted by Crippen LogP contribution is -2.02. The quantitative estimate of drug-likeness (QED) is 0.214. The Hall–Kier alpha value is -3.45. The van der Waals surface area contributed by atoms with Crippen LogP contribution in [0, 0.1) is 0 Å². The highest BCUT2D eigenvalue weighted by atomic mass is 16.1. The number of hydrogen-bond donors (Lipinski definition) is 0. The lowest BCUT2D eigenvalue weighted by Gasteiger charge is -2.18. The van der Waals surface area contributed by atoms with Gasteiger partial charge in [0, 0.05) is 5.56 Å². The summed E-state index contributed by atoms with van der Waals surface area (Å²) in [7, 11) is 0. The molecule has 0 heterocycles. The lowest BCUT2D eigenvalue weighted by atomic mass is 9.86. The van der Waals surface area contributed by atoms with Gasteiger partial charge >= 0.3 is 0 Å². The van der Waals surface area contributed by atoms with Gasteiger partial charge in [0.25, 0.3) is 0 Å². The number of carbonyl (C=O) groups is 1. The average molecular weight is 389 g/mol. The van der Waals surface area contributed by atoms with Crippen molar-refractivity contribution in [1.29, 1.82) is 0 Å². The number of hydrogen-bond acceptors (Lipinski definition) is 1. The molecule has 30 heavy (non-hydrogen) atoms. The van der Waals surface area contributed by atoms with Gasteiger partial charge in [0.2, 0.25) is 0 Å². The van der Waals surface area contributed by atoms with Gasteiger partial charge in [-0.1, -0.05) is 84.9 Å². The first-order valence-electron chi connectivity index (χ1n) is 10.7. The second kappa shape index (κ2) is 8.12. The van der Waals surface area contributed by atoms with E-state index in [-0.39, 0.29) is 0 Å². The van der Waals surface area contributed by atoms with E-state index in [9.17, 15) is 4.79 Å². The van der Waals surface area contributed by atoms with Gasteiger partial charge in [-0.3, -0.25) is 4.79 Å². The van der Waals surface area contributed by atoms with Crippen molar-refractivity contribution < 1.29 is 4.79 Å². The normalized spacial score (nSPS) is 12.9. The van der Waals surface area contributed by atoms with Crippen LogP contribution in [0.1, 0.15) is 34.3 Å². The fourth-order valence-corrected chi connectivity index (χ4v) is 4.62. The van der Waals surface area contributed by atoms with Gasteiger partial charge in [0.05, 0.1) is 0 Å². The van der Waals surface area contributed by atoms with Crippen molar-refractivity contribution in [2.75, 3.05) is 0 Å². The number of rotatable bonds is 1. The Bertz CT molecular complexity index is 1360. The van der Waals surface area contributed by atoms with Crippen LogP contribution in [0.25, 0.3) is 32.3 Å². The van der Waals surface area contributed by atoms with E-state index in [4.69, 9.17) is 0 Å². The molecule has 6 rings (SSSR count). The Morgan fingerprint density at radius 2 is 1.27 bits per heavy atom. The molecule has 0 bridgehead atoms. The maximum atomic E-state index is 10.5. The number of carbonyl (C=O) groups excluding carboxylic acids is 1. The van der Waals surface area contributed by atoms with E-state index in [1.165, 1.54) is 52.6 Å². The SMILES string of the molecule is O=Cc1ccc2ccccc2c1.c1ccc2c(c1)ccc1c3c(ccc12)CCCC3. The molecule has 0 radical (unpaired) electrons. The molecule has 0 spiro atoms. The third-order valence-corrected chi connectivity index (χ3v) is 6.17. The van der Waals surface area contributed by atoms with Crippen LogP contribution in [0.3, 0.4) is 0 Å². The molecule has 5 aromatic carbocycles. The lowest BCUT2D eigenvalue weighted by molar-refractivity contribution is 0.112. The van der Waals surface area contributed by atoms with Gasteiger partial charge < -0.3 is 0 Å². The summed E-state index contributed by atoms with van der Waals surface area (Å²) in [6.07, 6.45) is 6.08. The minimum atomic E-state index is 0.730. The molecule has 0 saturated carbocycles. The number of aldehydes is 1. The molecule has 146 valence electrons. The minimum absolute atomic E-state index is 0.730. The molecule has 0 aromatic heterocycles. The van der Waals surface area contributed by atoms with E-state index < -0.39 is 0 Å². The Kier molecular flexibility index (Phi) is 5.03. The van der Waals surface area contributed by atoms with Gasteiger partial charge in [0.15, 0.2) is 0 Å². The third-order valence-electron chi connectivity index (χ3n) is 6.17. The first-order valence-corrected chi connectivity index (χ1v) is 10.7. The standard InChI is InChI=1S/C18H16.C11H8O/c1-3-7-15-13(5-1)9-11-18-16-8-4-2-6-14(16)10-12-17(15)18;12-8-9-5-6-10-3-1-2-4-11(10)7-9/h1,3,5,7,9-12H,2,4,6,8H2;1-8H. The van der Waals surface area contributed by atoms with Crippen molar-refractivity contribution in [3.63, 3.8) is 0 Å². The minimum Gasteiger partial charge on any atom is -0.298 e. The summed E-state index contributed by atoms with van der Waals surface area (Å²) in [4.78, 5) is 10.5. The van der Waals surface area contributed by atoms with Crippen molar-refractivity contribution in [1.82, 2.24) is 0 Å². The van der Waals surface area contributed by atoms with Crippen LogP contribution in [-0.2, 0) is 12.8 Å². The average Bonchev–Trinajstić information content (AvgIpc) is 2.83. The molecular formula is C29H24O. The molecule has 0 saturated heterocycles. The van der Waals surface area contributed by atoms with E-state index in [0.29, 0.717) is 0 Å². The zero-order valence-corrected chi connectivity index (χ0v) is 17.0. The third kappa shape index (κ3) is 3.48. The maximum Gasteiger partial charge on any atom is 0.150 e. The predicted octanol–water partition coefficient (Wildman–Crippen LogP) is 7.52. The molecule has 0 unspecified atom stereocenters. The number of benzene rings is 5. The van der Waals surface area contributed by atoms with Crippen LogP contribution in [0.5, 0.6) is 0 Å². The van der Waals surface area contributed by atoms with Crippen molar-refractivity contribution in [3.05, 3.63) is 108 Å². The first kappa shape index (κ1) is 18.6. The fraction of sp³-hybridized carbons (Fsp3) is 0.138. The van der Waals surface area contributed by atoms with Crippen molar-refractivity contribution in [3.8, 4) is 0 Å². The van der Waals surface area contributed by atoms with Crippen LogP contribution < -0.4 is 0 Å². The molecule has 0 aliphatic heterocycles. The highest BCUT2D eigenvalue weighted by Crippen LogP contribution is 2.33. The van der Waals surface area contributed by atoms with Gasteiger partial charge in [-0.15, -0.1) is 0 Å². The van der Waals surface area contributed by atoms with E-state index in [0.717, 1.165) is 17.2 Å². The summed E-state index contributed by atoms with van der Waals surface area (Å²) in [5.74, 6) is 0.